The van der Waals surface area contributed by atoms with Gasteiger partial charge in [0.15, 0.2) is 12.4 Å². The summed E-state index contributed by atoms with van der Waals surface area (Å²) in [7, 11) is 0. The summed E-state index contributed by atoms with van der Waals surface area (Å²) in [6, 6.07) is -1.03. The maximum absolute atomic E-state index is 13.4. The molecule has 1 aliphatic rings. The molecule has 0 spiro atoms. The topological polar surface area (TPSA) is 175 Å². The molecule has 0 aromatic rings. The Morgan fingerprint density at radius 1 is 0.519 bits per heavy atom. The summed E-state index contributed by atoms with van der Waals surface area (Å²) in [6.45, 7) is 5.65. The van der Waals surface area contributed by atoms with Crippen LogP contribution in [0.3, 0.4) is 0 Å². The molecule has 1 heterocycles. The highest BCUT2D eigenvalue weighted by Crippen LogP contribution is 2.26. The number of hydrogen-bond donors (Lipinski definition) is 6. The summed E-state index contributed by atoms with van der Waals surface area (Å²) in [4.78, 5) is 26.5. The van der Waals surface area contributed by atoms with Crippen LogP contribution in [0.2, 0.25) is 0 Å². The third-order valence-electron chi connectivity index (χ3n) is 14.3. The van der Waals surface area contributed by atoms with E-state index in [1.165, 1.54) is 96.3 Å². The highest BCUT2D eigenvalue weighted by atomic mass is 16.7. The van der Waals surface area contributed by atoms with E-state index in [4.69, 9.17) is 14.2 Å². The van der Waals surface area contributed by atoms with Gasteiger partial charge in [0.25, 0.3) is 0 Å². The van der Waals surface area contributed by atoms with Gasteiger partial charge in [-0.15, -0.1) is 0 Å². The Morgan fingerprint density at radius 2 is 0.935 bits per heavy atom. The SMILES string of the molecule is CC/C=C\C/C=C\C/C=C\C/C=C\C/C=C\CCCCCCCC(=O)OC1C(OCC(NC(=O)C(O)CCCCCCCC/C=C\CCCCCC)C(O)/C=C/CCCCCCCCCCCCC)OC(CO)C(O)C1O. The zero-order chi connectivity index (χ0) is 56.1. The fourth-order valence-electron chi connectivity index (χ4n) is 9.32. The summed E-state index contributed by atoms with van der Waals surface area (Å²) >= 11 is 0. The summed E-state index contributed by atoms with van der Waals surface area (Å²) in [5, 5.41) is 57.0. The summed E-state index contributed by atoms with van der Waals surface area (Å²) < 4.78 is 17.6. The van der Waals surface area contributed by atoms with Gasteiger partial charge >= 0.3 is 5.97 Å². The van der Waals surface area contributed by atoms with Crippen LogP contribution in [-0.2, 0) is 23.8 Å². The maximum atomic E-state index is 13.4. The number of amides is 1. The molecule has 8 atom stereocenters. The largest absolute Gasteiger partial charge is 0.454 e. The Hall–Kier alpha value is -3.16. The van der Waals surface area contributed by atoms with Crippen molar-refractivity contribution in [3.05, 3.63) is 85.1 Å². The second-order valence-corrected chi connectivity index (χ2v) is 21.4. The Kier molecular flexibility index (Phi) is 49.9. The zero-order valence-corrected chi connectivity index (χ0v) is 49.1. The summed E-state index contributed by atoms with van der Waals surface area (Å²) in [6.07, 6.45) is 59.0. The number of carbonyl (C=O) groups excluding carboxylic acids is 2. The van der Waals surface area contributed by atoms with Crippen LogP contribution in [0.4, 0.5) is 0 Å². The zero-order valence-electron chi connectivity index (χ0n) is 49.1. The highest BCUT2D eigenvalue weighted by Gasteiger charge is 2.47. The second kappa shape index (κ2) is 53.5. The lowest BCUT2D eigenvalue weighted by molar-refractivity contribution is -0.305. The van der Waals surface area contributed by atoms with E-state index in [9.17, 15) is 35.1 Å². The minimum atomic E-state index is -1.63. The summed E-state index contributed by atoms with van der Waals surface area (Å²) in [5.41, 5.74) is 0. The molecule has 77 heavy (non-hydrogen) atoms. The Bertz CT molecular complexity index is 1570. The summed E-state index contributed by atoms with van der Waals surface area (Å²) in [5.74, 6) is -1.22. The van der Waals surface area contributed by atoms with Crippen molar-refractivity contribution in [2.45, 2.75) is 307 Å². The number of esters is 1. The molecule has 0 aromatic carbocycles. The quantitative estimate of drug-likeness (QED) is 0.0195. The Balaban J connectivity index is 2.69. The number of hydrogen-bond acceptors (Lipinski definition) is 10. The van der Waals surface area contributed by atoms with Gasteiger partial charge in [0.05, 0.1) is 25.4 Å². The molecule has 444 valence electrons. The average molecular weight is 1080 g/mol. The predicted molar refractivity (Wildman–Crippen MR) is 319 cm³/mol. The molecule has 1 rings (SSSR count). The fourth-order valence-corrected chi connectivity index (χ4v) is 9.32. The van der Waals surface area contributed by atoms with Crippen molar-refractivity contribution in [1.82, 2.24) is 5.32 Å². The Labute approximate surface area is 470 Å². The van der Waals surface area contributed by atoms with Crippen LogP contribution in [0, 0.1) is 0 Å². The van der Waals surface area contributed by atoms with Crippen LogP contribution < -0.4 is 5.32 Å². The van der Waals surface area contributed by atoms with E-state index in [0.29, 0.717) is 12.8 Å². The Morgan fingerprint density at radius 3 is 1.43 bits per heavy atom. The highest BCUT2D eigenvalue weighted by molar-refractivity contribution is 5.80. The van der Waals surface area contributed by atoms with Crippen LogP contribution in [0.5, 0.6) is 0 Å². The third-order valence-corrected chi connectivity index (χ3v) is 14.3. The number of aliphatic hydroxyl groups is 5. The molecule has 1 saturated heterocycles. The van der Waals surface area contributed by atoms with E-state index in [1.807, 2.05) is 6.08 Å². The number of nitrogens with one attached hydrogen (secondary N) is 1. The lowest BCUT2D eigenvalue weighted by Gasteiger charge is -2.41. The van der Waals surface area contributed by atoms with Gasteiger partial charge in [-0.05, 0) is 96.3 Å². The molecule has 11 nitrogen and oxygen atoms in total. The lowest BCUT2D eigenvalue weighted by atomic mass is 9.99. The van der Waals surface area contributed by atoms with Gasteiger partial charge in [0.1, 0.15) is 24.4 Å². The first-order valence-corrected chi connectivity index (χ1v) is 31.4. The third kappa shape index (κ3) is 41.5. The van der Waals surface area contributed by atoms with Crippen LogP contribution in [0.1, 0.15) is 258 Å². The molecule has 1 amide bonds. The molecule has 1 fully saturated rings. The smallest absolute Gasteiger partial charge is 0.306 e. The lowest BCUT2D eigenvalue weighted by Crippen LogP contribution is -2.61. The van der Waals surface area contributed by atoms with E-state index in [0.717, 1.165) is 116 Å². The first-order chi connectivity index (χ1) is 37.7. The number of unbranched alkanes of at least 4 members (excludes halogenated alkanes) is 26. The molecule has 0 aromatic heterocycles. The normalized spacial score (nSPS) is 19.6. The van der Waals surface area contributed by atoms with Crippen LogP contribution >= 0.6 is 0 Å². The van der Waals surface area contributed by atoms with Gasteiger partial charge < -0.3 is 45.1 Å². The van der Waals surface area contributed by atoms with Crippen LogP contribution in [0.15, 0.2) is 85.1 Å². The molecule has 0 radical (unpaired) electrons. The molecule has 6 N–H and O–H groups in total. The number of ether oxygens (including phenoxy) is 3. The molecule has 0 saturated carbocycles. The maximum Gasteiger partial charge on any atom is 0.306 e. The molecular formula is C66H115NO10. The number of carbonyl (C=O) groups is 2. The van der Waals surface area contributed by atoms with Gasteiger partial charge in [-0.2, -0.15) is 0 Å². The van der Waals surface area contributed by atoms with Gasteiger partial charge in [-0.25, -0.2) is 0 Å². The first-order valence-electron chi connectivity index (χ1n) is 31.4. The average Bonchev–Trinajstić information content (AvgIpc) is 3.43. The molecular weight excluding hydrogens is 967 g/mol. The number of rotatable bonds is 52. The van der Waals surface area contributed by atoms with E-state index < -0.39 is 67.4 Å². The minimum absolute atomic E-state index is 0.0976. The van der Waals surface area contributed by atoms with Crippen molar-refractivity contribution in [2.75, 3.05) is 13.2 Å². The van der Waals surface area contributed by atoms with Crippen molar-refractivity contribution in [3.8, 4) is 0 Å². The number of allylic oxidation sites excluding steroid dienone is 13. The van der Waals surface area contributed by atoms with Crippen LogP contribution in [-0.4, -0.2) is 99.6 Å². The van der Waals surface area contributed by atoms with Gasteiger partial charge in [0, 0.05) is 6.42 Å². The predicted octanol–water partition coefficient (Wildman–Crippen LogP) is 14.9. The second-order valence-electron chi connectivity index (χ2n) is 21.4. The van der Waals surface area contributed by atoms with Gasteiger partial charge in [0.2, 0.25) is 5.91 Å². The standard InChI is InChI=1S/C66H115NO10/c1-4-7-10-13-16-19-22-25-27-28-29-30-31-32-33-36-39-42-45-48-51-54-61(71)77-64-63(73)62(72)60(55-68)76-66(64)75-56-57(58(69)52-49-46-43-40-37-34-24-21-18-15-12-9-6-3)67-65(74)59(70)53-50-47-44-41-38-35-26-23-20-17-14-11-8-5-2/h7,10,16,19-20,23,25,27,29-30,32-33,49,52,57-60,62-64,66,68-70,72-73H,4-6,8-9,11-15,17-18,21-22,24,26,28,31,34-48,50-51,53-56H2,1-3H3,(H,67,74)/b10-7-,19-16-,23-20-,27-25-,30-29-,33-32-,52-49+. The molecule has 0 bridgehead atoms. The van der Waals surface area contributed by atoms with Crippen molar-refractivity contribution >= 4 is 11.9 Å². The molecule has 11 heteroatoms. The molecule has 1 aliphatic heterocycles. The van der Waals surface area contributed by atoms with Crippen molar-refractivity contribution in [2.24, 2.45) is 0 Å². The van der Waals surface area contributed by atoms with Crippen molar-refractivity contribution < 1.29 is 49.3 Å². The van der Waals surface area contributed by atoms with Gasteiger partial charge in [-0.1, -0.05) is 241 Å². The van der Waals surface area contributed by atoms with E-state index >= 15 is 0 Å². The van der Waals surface area contributed by atoms with E-state index in [2.05, 4.69) is 99.0 Å². The van der Waals surface area contributed by atoms with Crippen LogP contribution in [0.25, 0.3) is 0 Å². The van der Waals surface area contributed by atoms with Gasteiger partial charge in [-0.3, -0.25) is 9.59 Å². The monoisotopic (exact) mass is 1080 g/mol. The van der Waals surface area contributed by atoms with Crippen molar-refractivity contribution in [3.63, 3.8) is 0 Å². The molecule has 0 aliphatic carbocycles. The number of aliphatic hydroxyl groups excluding tert-OH is 5. The van der Waals surface area contributed by atoms with E-state index in [1.54, 1.807) is 6.08 Å². The first kappa shape index (κ1) is 71.9. The van der Waals surface area contributed by atoms with E-state index in [-0.39, 0.29) is 19.4 Å². The fraction of sp³-hybridized carbons (Fsp3) is 0.758. The molecule has 8 unspecified atom stereocenters. The van der Waals surface area contributed by atoms with Crippen molar-refractivity contribution in [1.29, 1.82) is 0 Å². The minimum Gasteiger partial charge on any atom is -0.454 e.